The van der Waals surface area contributed by atoms with E-state index in [9.17, 15) is 18.0 Å². The number of anilines is 1. The normalized spacial score (nSPS) is 14.8. The van der Waals surface area contributed by atoms with Gasteiger partial charge in [0.25, 0.3) is 5.91 Å². The lowest BCUT2D eigenvalue weighted by molar-refractivity contribution is -0.137. The first-order chi connectivity index (χ1) is 15.7. The number of halogens is 4. The van der Waals surface area contributed by atoms with Gasteiger partial charge in [-0.15, -0.1) is 9.24 Å². The molecule has 174 valence electrons. The third-order valence-electron chi connectivity index (χ3n) is 5.06. The zero-order valence-electron chi connectivity index (χ0n) is 17.1. The number of nitrogens with one attached hydrogen (secondary N) is 2. The summed E-state index contributed by atoms with van der Waals surface area (Å²) in [7, 11) is 2.42. The highest BCUT2D eigenvalue weighted by Crippen LogP contribution is 2.38. The zero-order chi connectivity index (χ0) is 23.6. The van der Waals surface area contributed by atoms with E-state index in [1.807, 2.05) is 22.6 Å². The average Bonchev–Trinajstić information content (AvgIpc) is 3.20. The molecule has 3 heterocycles. The van der Waals surface area contributed by atoms with Gasteiger partial charge in [0.05, 0.1) is 17.5 Å². The molecule has 1 unspecified atom stereocenters. The van der Waals surface area contributed by atoms with E-state index in [-0.39, 0.29) is 17.5 Å². The number of amides is 1. The van der Waals surface area contributed by atoms with Crippen molar-refractivity contribution < 1.29 is 22.7 Å². The van der Waals surface area contributed by atoms with Crippen LogP contribution < -0.4 is 20.7 Å². The van der Waals surface area contributed by atoms with Gasteiger partial charge in [0.1, 0.15) is 17.5 Å². The summed E-state index contributed by atoms with van der Waals surface area (Å²) in [4.78, 5) is 17.1. The summed E-state index contributed by atoms with van der Waals surface area (Å²) in [5, 5.41) is 6.95. The summed E-state index contributed by atoms with van der Waals surface area (Å²) in [5.41, 5.74) is -0.648. The van der Waals surface area contributed by atoms with Gasteiger partial charge in [0, 0.05) is 20.7 Å². The van der Waals surface area contributed by atoms with Gasteiger partial charge in [-0.3, -0.25) is 4.79 Å². The quantitative estimate of drug-likeness (QED) is 0.325. The van der Waals surface area contributed by atoms with E-state index in [0.29, 0.717) is 25.2 Å². The third-order valence-corrected chi connectivity index (χ3v) is 7.13. The van der Waals surface area contributed by atoms with Gasteiger partial charge in [0.2, 0.25) is 5.06 Å². The molecule has 1 aromatic carbocycles. The summed E-state index contributed by atoms with van der Waals surface area (Å²) < 4.78 is 51.9. The zero-order valence-corrected chi connectivity index (χ0v) is 21.2. The smallest absolute Gasteiger partial charge is 0.418 e. The third kappa shape index (κ3) is 5.64. The first kappa shape index (κ1) is 24.3. The molecule has 0 saturated carbocycles. The largest absolute Gasteiger partial charge is 0.478 e. The number of rotatable bonds is 5. The van der Waals surface area contributed by atoms with Crippen LogP contribution in [0.3, 0.4) is 0 Å². The number of carbonyl (C=O) groups is 1. The SMILES string of the molecule is O=C(Nc1cnsc1OC1CCNCC1)c1ccc(C(F)(F)F)c(-c2c(P)cccc2I)n1. The highest BCUT2D eigenvalue weighted by Gasteiger charge is 2.36. The van der Waals surface area contributed by atoms with Crippen molar-refractivity contribution >= 4 is 60.3 Å². The maximum absolute atomic E-state index is 13.7. The van der Waals surface area contributed by atoms with E-state index in [1.54, 1.807) is 18.2 Å². The van der Waals surface area contributed by atoms with Gasteiger partial charge < -0.3 is 15.4 Å². The molecule has 1 aliphatic heterocycles. The minimum atomic E-state index is -4.62. The van der Waals surface area contributed by atoms with E-state index in [2.05, 4.69) is 29.2 Å². The number of carbonyl (C=O) groups excluding carboxylic acids is 1. The standard InChI is InChI=1S/C21H19F3IN4O2PS/c22-21(23,24)12-4-5-14(28-18(12)17-13(25)2-1-3-16(17)32)19(30)29-15-10-27-33-20(15)31-11-6-8-26-9-7-11/h1-5,10-11,26H,6-9,32H2,(H,29,30). The summed E-state index contributed by atoms with van der Waals surface area (Å²) in [5.74, 6) is -0.642. The number of hydrogen-bond donors (Lipinski definition) is 2. The molecule has 12 heteroatoms. The molecule has 1 saturated heterocycles. The van der Waals surface area contributed by atoms with Crippen molar-refractivity contribution in [1.29, 1.82) is 0 Å². The van der Waals surface area contributed by atoms with Crippen molar-refractivity contribution in [3.8, 4) is 16.3 Å². The molecule has 1 aliphatic rings. The Morgan fingerprint density at radius 1 is 1.24 bits per heavy atom. The van der Waals surface area contributed by atoms with Gasteiger partial charge in [0.15, 0.2) is 0 Å². The Morgan fingerprint density at radius 2 is 2.00 bits per heavy atom. The highest BCUT2D eigenvalue weighted by atomic mass is 127. The minimum absolute atomic E-state index is 0.0128. The van der Waals surface area contributed by atoms with Crippen molar-refractivity contribution in [2.75, 3.05) is 18.4 Å². The molecule has 0 radical (unpaired) electrons. The summed E-state index contributed by atoms with van der Waals surface area (Å²) in [6, 6.07) is 7.08. The Kier molecular flexibility index (Phi) is 7.52. The van der Waals surface area contributed by atoms with Crippen molar-refractivity contribution in [2.45, 2.75) is 25.1 Å². The number of ether oxygens (including phenoxy) is 1. The van der Waals surface area contributed by atoms with Crippen LogP contribution in [0.15, 0.2) is 36.5 Å². The molecule has 6 nitrogen and oxygen atoms in total. The lowest BCUT2D eigenvalue weighted by Gasteiger charge is -2.23. The fourth-order valence-electron chi connectivity index (χ4n) is 3.44. The van der Waals surface area contributed by atoms with Crippen LogP contribution in [-0.4, -0.2) is 34.5 Å². The number of aromatic nitrogens is 2. The van der Waals surface area contributed by atoms with Crippen LogP contribution in [0.1, 0.15) is 28.9 Å². The lowest BCUT2D eigenvalue weighted by atomic mass is 10.0. The molecule has 1 atom stereocenters. The number of alkyl halides is 3. The molecule has 0 bridgehead atoms. The second kappa shape index (κ2) is 10.2. The van der Waals surface area contributed by atoms with Crippen LogP contribution in [0.25, 0.3) is 11.3 Å². The molecular weight excluding hydrogens is 587 g/mol. The van der Waals surface area contributed by atoms with Crippen molar-refractivity contribution in [2.24, 2.45) is 0 Å². The fraction of sp³-hybridized carbons (Fsp3) is 0.286. The molecule has 4 rings (SSSR count). The molecule has 1 amide bonds. The Morgan fingerprint density at radius 3 is 2.70 bits per heavy atom. The molecular formula is C21H19F3IN4O2PS. The molecule has 3 aromatic rings. The van der Waals surface area contributed by atoms with Gasteiger partial charge in [-0.1, -0.05) is 12.1 Å². The van der Waals surface area contributed by atoms with Crippen molar-refractivity contribution in [3.63, 3.8) is 0 Å². The van der Waals surface area contributed by atoms with Gasteiger partial charge in [-0.2, -0.15) is 17.5 Å². The average molecular weight is 606 g/mol. The summed E-state index contributed by atoms with van der Waals surface area (Å²) >= 11 is 3.07. The van der Waals surface area contributed by atoms with Crippen LogP contribution in [-0.2, 0) is 6.18 Å². The Hall–Kier alpha value is -1.82. The topological polar surface area (TPSA) is 76.1 Å². The maximum atomic E-state index is 13.7. The van der Waals surface area contributed by atoms with Crippen LogP contribution in [0, 0.1) is 3.57 Å². The number of nitrogens with zero attached hydrogens (tertiary/aromatic N) is 2. The van der Waals surface area contributed by atoms with Crippen molar-refractivity contribution in [3.05, 3.63) is 51.4 Å². The van der Waals surface area contributed by atoms with Crippen molar-refractivity contribution in [1.82, 2.24) is 14.7 Å². The lowest BCUT2D eigenvalue weighted by Crippen LogP contribution is -2.34. The molecule has 2 N–H and O–H groups in total. The Labute approximate surface area is 208 Å². The molecule has 0 spiro atoms. The van der Waals surface area contributed by atoms with Gasteiger partial charge in [-0.25, -0.2) is 4.98 Å². The predicted molar refractivity (Wildman–Crippen MR) is 133 cm³/mol. The fourth-order valence-corrected chi connectivity index (χ4v) is 5.55. The van der Waals surface area contributed by atoms with E-state index >= 15 is 0 Å². The number of piperidine rings is 1. The maximum Gasteiger partial charge on any atom is 0.418 e. The monoisotopic (exact) mass is 606 g/mol. The predicted octanol–water partition coefficient (Wildman–Crippen LogP) is 4.71. The second-order valence-corrected chi connectivity index (χ2v) is 9.89. The molecule has 33 heavy (non-hydrogen) atoms. The van der Waals surface area contributed by atoms with Gasteiger partial charge >= 0.3 is 6.18 Å². The molecule has 0 aliphatic carbocycles. The highest BCUT2D eigenvalue weighted by molar-refractivity contribution is 14.1. The minimum Gasteiger partial charge on any atom is -0.478 e. The first-order valence-electron chi connectivity index (χ1n) is 10.00. The first-order valence-corrected chi connectivity index (χ1v) is 12.4. The summed E-state index contributed by atoms with van der Waals surface area (Å²) in [6.45, 7) is 1.69. The van der Waals surface area contributed by atoms with E-state index < -0.39 is 17.6 Å². The van der Waals surface area contributed by atoms with Crippen LogP contribution in [0.4, 0.5) is 18.9 Å². The van der Waals surface area contributed by atoms with Crippen LogP contribution >= 0.6 is 43.4 Å². The van der Waals surface area contributed by atoms with E-state index in [4.69, 9.17) is 4.74 Å². The number of benzene rings is 1. The summed E-state index contributed by atoms with van der Waals surface area (Å²) in [6.07, 6.45) is -1.48. The Balaban J connectivity index is 1.64. The van der Waals surface area contributed by atoms with Crippen LogP contribution in [0.5, 0.6) is 5.06 Å². The number of hydrogen-bond acceptors (Lipinski definition) is 6. The molecule has 2 aromatic heterocycles. The van der Waals surface area contributed by atoms with E-state index in [1.165, 1.54) is 6.20 Å². The van der Waals surface area contributed by atoms with Gasteiger partial charge in [-0.05, 0) is 72.0 Å². The van der Waals surface area contributed by atoms with E-state index in [0.717, 1.165) is 49.6 Å². The second-order valence-electron chi connectivity index (χ2n) is 7.34. The Bertz CT molecular complexity index is 1150. The number of pyridine rings is 1. The molecule has 1 fully saturated rings. The van der Waals surface area contributed by atoms with Crippen LogP contribution in [0.2, 0.25) is 0 Å².